The number of aryl methyl sites for hydroxylation is 1. The highest BCUT2D eigenvalue weighted by Crippen LogP contribution is 2.35. The van der Waals surface area contributed by atoms with Crippen molar-refractivity contribution >= 4 is 0 Å². The Bertz CT molecular complexity index is 576. The molecule has 0 aliphatic rings. The van der Waals surface area contributed by atoms with Gasteiger partial charge in [-0.05, 0) is 25.5 Å². The first kappa shape index (κ1) is 14.4. The highest BCUT2D eigenvalue weighted by molar-refractivity contribution is 5.47. The standard InChI is InChI=1S/C17H20O3/c1-12-6-4-7-14(10-12)11-20-17-15(13(2)18)8-5-9-16(17)19-3/h4-10,13,18H,11H2,1-3H3. The van der Waals surface area contributed by atoms with Crippen LogP contribution in [0.15, 0.2) is 42.5 Å². The molecule has 0 aliphatic heterocycles. The molecule has 0 aliphatic carbocycles. The van der Waals surface area contributed by atoms with Crippen LogP contribution in [-0.4, -0.2) is 12.2 Å². The fourth-order valence-electron chi connectivity index (χ4n) is 2.13. The van der Waals surface area contributed by atoms with Gasteiger partial charge in [0.1, 0.15) is 6.61 Å². The van der Waals surface area contributed by atoms with Crippen LogP contribution >= 0.6 is 0 Å². The van der Waals surface area contributed by atoms with E-state index in [1.54, 1.807) is 14.0 Å². The average molecular weight is 272 g/mol. The molecule has 0 bridgehead atoms. The quantitative estimate of drug-likeness (QED) is 0.903. The van der Waals surface area contributed by atoms with Crippen molar-refractivity contribution in [2.45, 2.75) is 26.6 Å². The molecule has 0 aromatic heterocycles. The lowest BCUT2D eigenvalue weighted by molar-refractivity contribution is 0.188. The summed E-state index contributed by atoms with van der Waals surface area (Å²) in [4.78, 5) is 0. The third kappa shape index (κ3) is 3.31. The number of hydrogen-bond donors (Lipinski definition) is 1. The minimum absolute atomic E-state index is 0.446. The van der Waals surface area contributed by atoms with Crippen LogP contribution in [0.4, 0.5) is 0 Å². The van der Waals surface area contributed by atoms with E-state index in [9.17, 15) is 5.11 Å². The summed E-state index contributed by atoms with van der Waals surface area (Å²) in [7, 11) is 1.60. The zero-order valence-corrected chi connectivity index (χ0v) is 12.1. The van der Waals surface area contributed by atoms with Gasteiger partial charge in [0, 0.05) is 5.56 Å². The van der Waals surface area contributed by atoms with Crippen molar-refractivity contribution < 1.29 is 14.6 Å². The molecule has 106 valence electrons. The van der Waals surface area contributed by atoms with Gasteiger partial charge in [-0.15, -0.1) is 0 Å². The van der Waals surface area contributed by atoms with Crippen molar-refractivity contribution in [2.24, 2.45) is 0 Å². The monoisotopic (exact) mass is 272 g/mol. The number of methoxy groups -OCH3 is 1. The summed E-state index contributed by atoms with van der Waals surface area (Å²) >= 11 is 0. The molecule has 3 heteroatoms. The lowest BCUT2D eigenvalue weighted by atomic mass is 10.1. The highest BCUT2D eigenvalue weighted by Gasteiger charge is 2.14. The topological polar surface area (TPSA) is 38.7 Å². The van der Waals surface area contributed by atoms with Gasteiger partial charge < -0.3 is 14.6 Å². The van der Waals surface area contributed by atoms with Crippen molar-refractivity contribution in [1.29, 1.82) is 0 Å². The van der Waals surface area contributed by atoms with E-state index in [1.165, 1.54) is 5.56 Å². The highest BCUT2D eigenvalue weighted by atomic mass is 16.5. The molecule has 0 saturated heterocycles. The largest absolute Gasteiger partial charge is 0.493 e. The molecule has 0 amide bonds. The molecular formula is C17H20O3. The zero-order valence-electron chi connectivity index (χ0n) is 12.1. The summed E-state index contributed by atoms with van der Waals surface area (Å²) in [6.45, 7) is 4.21. The maximum Gasteiger partial charge on any atom is 0.167 e. The van der Waals surface area contributed by atoms with E-state index in [0.29, 0.717) is 18.1 Å². The van der Waals surface area contributed by atoms with Crippen LogP contribution in [0.1, 0.15) is 29.7 Å². The molecule has 20 heavy (non-hydrogen) atoms. The Morgan fingerprint density at radius 3 is 2.55 bits per heavy atom. The molecule has 0 spiro atoms. The Labute approximate surface area is 119 Å². The predicted octanol–water partition coefficient (Wildman–Crippen LogP) is 3.64. The van der Waals surface area contributed by atoms with Gasteiger partial charge in [0.15, 0.2) is 11.5 Å². The number of benzene rings is 2. The number of aliphatic hydroxyl groups excluding tert-OH is 1. The van der Waals surface area contributed by atoms with Crippen LogP contribution in [0.5, 0.6) is 11.5 Å². The van der Waals surface area contributed by atoms with Crippen molar-refractivity contribution in [3.05, 3.63) is 59.2 Å². The minimum atomic E-state index is -0.599. The van der Waals surface area contributed by atoms with Crippen LogP contribution in [0.25, 0.3) is 0 Å². The van der Waals surface area contributed by atoms with Gasteiger partial charge in [0.25, 0.3) is 0 Å². The second-order valence-electron chi connectivity index (χ2n) is 4.83. The van der Waals surface area contributed by atoms with E-state index < -0.39 is 6.10 Å². The summed E-state index contributed by atoms with van der Waals surface area (Å²) in [5.74, 6) is 1.24. The second kappa shape index (κ2) is 6.44. The molecule has 1 atom stereocenters. The molecule has 0 fully saturated rings. The van der Waals surface area contributed by atoms with Gasteiger partial charge in [-0.1, -0.05) is 42.0 Å². The Morgan fingerprint density at radius 1 is 1.15 bits per heavy atom. The second-order valence-corrected chi connectivity index (χ2v) is 4.83. The minimum Gasteiger partial charge on any atom is -0.493 e. The van der Waals surface area contributed by atoms with Gasteiger partial charge >= 0.3 is 0 Å². The smallest absolute Gasteiger partial charge is 0.167 e. The van der Waals surface area contributed by atoms with E-state index >= 15 is 0 Å². The van der Waals surface area contributed by atoms with E-state index in [-0.39, 0.29) is 0 Å². The Balaban J connectivity index is 2.24. The molecular weight excluding hydrogens is 252 g/mol. The summed E-state index contributed by atoms with van der Waals surface area (Å²) in [5.41, 5.74) is 3.02. The van der Waals surface area contributed by atoms with Crippen LogP contribution in [-0.2, 0) is 6.61 Å². The first-order valence-electron chi connectivity index (χ1n) is 6.65. The predicted molar refractivity (Wildman–Crippen MR) is 79.1 cm³/mol. The molecule has 2 rings (SSSR count). The molecule has 1 N–H and O–H groups in total. The first-order chi connectivity index (χ1) is 9.61. The van der Waals surface area contributed by atoms with Crippen LogP contribution < -0.4 is 9.47 Å². The van der Waals surface area contributed by atoms with Crippen molar-refractivity contribution in [3.8, 4) is 11.5 Å². The van der Waals surface area contributed by atoms with Gasteiger partial charge in [-0.3, -0.25) is 0 Å². The fraction of sp³-hybridized carbons (Fsp3) is 0.294. The van der Waals surface area contributed by atoms with Gasteiger partial charge in [0.05, 0.1) is 13.2 Å². The van der Waals surface area contributed by atoms with Crippen molar-refractivity contribution in [3.63, 3.8) is 0 Å². The number of para-hydroxylation sites is 1. The van der Waals surface area contributed by atoms with E-state index in [1.807, 2.05) is 43.3 Å². The SMILES string of the molecule is COc1cccc(C(C)O)c1OCc1cccc(C)c1. The fourth-order valence-corrected chi connectivity index (χ4v) is 2.13. The average Bonchev–Trinajstić information content (AvgIpc) is 2.44. The maximum atomic E-state index is 9.83. The number of ether oxygens (including phenoxy) is 2. The summed E-state index contributed by atoms with van der Waals surface area (Å²) in [6.07, 6.45) is -0.599. The Hall–Kier alpha value is -2.00. The van der Waals surface area contributed by atoms with Gasteiger partial charge in [0.2, 0.25) is 0 Å². The molecule has 2 aromatic rings. The summed E-state index contributed by atoms with van der Waals surface area (Å²) in [6, 6.07) is 13.7. The number of hydrogen-bond acceptors (Lipinski definition) is 3. The summed E-state index contributed by atoms with van der Waals surface area (Å²) < 4.78 is 11.2. The lowest BCUT2D eigenvalue weighted by Gasteiger charge is -2.16. The summed E-state index contributed by atoms with van der Waals surface area (Å²) in [5, 5.41) is 9.83. The molecule has 0 radical (unpaired) electrons. The normalized spacial score (nSPS) is 12.0. The number of aliphatic hydroxyl groups is 1. The maximum absolute atomic E-state index is 9.83. The Morgan fingerprint density at radius 2 is 1.90 bits per heavy atom. The van der Waals surface area contributed by atoms with E-state index in [2.05, 4.69) is 6.07 Å². The van der Waals surface area contributed by atoms with Crippen LogP contribution in [0.3, 0.4) is 0 Å². The molecule has 1 unspecified atom stereocenters. The number of rotatable bonds is 5. The van der Waals surface area contributed by atoms with E-state index in [0.717, 1.165) is 11.1 Å². The lowest BCUT2D eigenvalue weighted by Crippen LogP contribution is -2.03. The molecule has 2 aromatic carbocycles. The van der Waals surface area contributed by atoms with Crippen molar-refractivity contribution in [2.75, 3.05) is 7.11 Å². The van der Waals surface area contributed by atoms with Crippen molar-refractivity contribution in [1.82, 2.24) is 0 Å². The van der Waals surface area contributed by atoms with Gasteiger partial charge in [-0.25, -0.2) is 0 Å². The molecule has 3 nitrogen and oxygen atoms in total. The third-order valence-electron chi connectivity index (χ3n) is 3.15. The third-order valence-corrected chi connectivity index (χ3v) is 3.15. The first-order valence-corrected chi connectivity index (χ1v) is 6.65. The van der Waals surface area contributed by atoms with Crippen LogP contribution in [0, 0.1) is 6.92 Å². The van der Waals surface area contributed by atoms with Gasteiger partial charge in [-0.2, -0.15) is 0 Å². The molecule has 0 heterocycles. The Kier molecular flexibility index (Phi) is 4.64. The van der Waals surface area contributed by atoms with Crippen LogP contribution in [0.2, 0.25) is 0 Å². The van der Waals surface area contributed by atoms with E-state index in [4.69, 9.17) is 9.47 Å². The molecule has 0 saturated carbocycles. The zero-order chi connectivity index (χ0) is 14.5.